The average Bonchev–Trinajstić information content (AvgIpc) is 2.82. The molecule has 3 heteroatoms. The van der Waals surface area contributed by atoms with Crippen LogP contribution in [0.5, 0.6) is 0 Å². The second-order valence-electron chi connectivity index (χ2n) is 4.91. The molecule has 0 unspecified atom stereocenters. The summed E-state index contributed by atoms with van der Waals surface area (Å²) in [4.78, 5) is 4.48. The summed E-state index contributed by atoms with van der Waals surface area (Å²) in [6, 6.07) is 18.4. The Morgan fingerprint density at radius 3 is 2.45 bits per heavy atom. The molecule has 3 nitrogen and oxygen atoms in total. The van der Waals surface area contributed by atoms with Crippen LogP contribution in [-0.4, -0.2) is 9.55 Å². The van der Waals surface area contributed by atoms with Crippen LogP contribution in [0.4, 0.5) is 5.82 Å². The Kier molecular flexibility index (Phi) is 3.25. The summed E-state index contributed by atoms with van der Waals surface area (Å²) in [5.41, 5.74) is 10.6. The van der Waals surface area contributed by atoms with Gasteiger partial charge in [-0.3, -0.25) is 0 Å². The molecule has 2 N–H and O–H groups in total. The van der Waals surface area contributed by atoms with Gasteiger partial charge in [0.1, 0.15) is 11.5 Å². The van der Waals surface area contributed by atoms with E-state index in [0.717, 1.165) is 17.8 Å². The standard InChI is InChI=1S/C17H17N3/c1-13-7-5-6-10-15(13)16-17(18)20(12-19-16)11-14-8-3-2-4-9-14/h2-10,12H,11,18H2,1H3. The first-order valence-electron chi connectivity index (χ1n) is 6.66. The van der Waals surface area contributed by atoms with E-state index >= 15 is 0 Å². The molecular formula is C17H17N3. The first-order valence-corrected chi connectivity index (χ1v) is 6.66. The summed E-state index contributed by atoms with van der Waals surface area (Å²) >= 11 is 0. The minimum atomic E-state index is 0.711. The Morgan fingerprint density at radius 2 is 1.70 bits per heavy atom. The molecule has 2 aromatic carbocycles. The van der Waals surface area contributed by atoms with Gasteiger partial charge in [-0.2, -0.15) is 0 Å². The number of hydrogen-bond acceptors (Lipinski definition) is 2. The number of benzene rings is 2. The number of rotatable bonds is 3. The zero-order valence-electron chi connectivity index (χ0n) is 11.5. The molecule has 3 aromatic rings. The molecule has 1 aromatic heterocycles. The van der Waals surface area contributed by atoms with Gasteiger partial charge in [-0.05, 0) is 18.1 Å². The van der Waals surface area contributed by atoms with Crippen LogP contribution in [0.3, 0.4) is 0 Å². The fourth-order valence-electron chi connectivity index (χ4n) is 2.34. The van der Waals surface area contributed by atoms with Gasteiger partial charge >= 0.3 is 0 Å². The number of nitrogens with two attached hydrogens (primary N) is 1. The molecule has 0 fully saturated rings. The molecule has 0 amide bonds. The van der Waals surface area contributed by atoms with Crippen molar-refractivity contribution in [3.05, 3.63) is 72.1 Å². The highest BCUT2D eigenvalue weighted by Gasteiger charge is 2.11. The van der Waals surface area contributed by atoms with Crippen molar-refractivity contribution in [2.45, 2.75) is 13.5 Å². The van der Waals surface area contributed by atoms with E-state index in [1.807, 2.05) is 41.2 Å². The van der Waals surface area contributed by atoms with Crippen LogP contribution in [0.1, 0.15) is 11.1 Å². The molecule has 20 heavy (non-hydrogen) atoms. The Balaban J connectivity index is 1.95. The molecular weight excluding hydrogens is 246 g/mol. The van der Waals surface area contributed by atoms with Gasteiger partial charge in [0.2, 0.25) is 0 Å². The minimum absolute atomic E-state index is 0.711. The van der Waals surface area contributed by atoms with E-state index < -0.39 is 0 Å². The second kappa shape index (κ2) is 5.21. The number of nitrogens with zero attached hydrogens (tertiary/aromatic N) is 2. The molecule has 0 aliphatic heterocycles. The SMILES string of the molecule is Cc1ccccc1-c1ncn(Cc2ccccc2)c1N. The fraction of sp³-hybridized carbons (Fsp3) is 0.118. The van der Waals surface area contributed by atoms with E-state index in [0.29, 0.717) is 5.82 Å². The predicted molar refractivity (Wildman–Crippen MR) is 82.4 cm³/mol. The molecule has 0 saturated carbocycles. The van der Waals surface area contributed by atoms with E-state index in [4.69, 9.17) is 5.73 Å². The smallest absolute Gasteiger partial charge is 0.131 e. The van der Waals surface area contributed by atoms with Crippen LogP contribution in [0, 0.1) is 6.92 Å². The topological polar surface area (TPSA) is 43.8 Å². The monoisotopic (exact) mass is 263 g/mol. The third-order valence-electron chi connectivity index (χ3n) is 3.47. The van der Waals surface area contributed by atoms with Gasteiger partial charge in [-0.25, -0.2) is 4.98 Å². The van der Waals surface area contributed by atoms with Crippen LogP contribution in [-0.2, 0) is 6.54 Å². The van der Waals surface area contributed by atoms with E-state index in [1.165, 1.54) is 11.1 Å². The molecule has 0 radical (unpaired) electrons. The summed E-state index contributed by atoms with van der Waals surface area (Å²) in [7, 11) is 0. The zero-order valence-corrected chi connectivity index (χ0v) is 11.5. The van der Waals surface area contributed by atoms with E-state index in [9.17, 15) is 0 Å². The first-order chi connectivity index (χ1) is 9.75. The lowest BCUT2D eigenvalue weighted by Gasteiger charge is -2.07. The Hall–Kier alpha value is -2.55. The van der Waals surface area contributed by atoms with Gasteiger partial charge in [-0.15, -0.1) is 0 Å². The number of imidazole rings is 1. The van der Waals surface area contributed by atoms with Gasteiger partial charge in [-0.1, -0.05) is 54.6 Å². The van der Waals surface area contributed by atoms with Crippen molar-refractivity contribution >= 4 is 5.82 Å². The van der Waals surface area contributed by atoms with Gasteiger partial charge in [0.15, 0.2) is 0 Å². The third-order valence-corrected chi connectivity index (χ3v) is 3.47. The summed E-state index contributed by atoms with van der Waals surface area (Å²) < 4.78 is 1.98. The molecule has 0 bridgehead atoms. The van der Waals surface area contributed by atoms with Crippen LogP contribution in [0.25, 0.3) is 11.3 Å². The highest BCUT2D eigenvalue weighted by Crippen LogP contribution is 2.27. The van der Waals surface area contributed by atoms with E-state index in [-0.39, 0.29) is 0 Å². The van der Waals surface area contributed by atoms with E-state index in [2.05, 4.69) is 36.2 Å². The maximum atomic E-state index is 6.25. The summed E-state index contributed by atoms with van der Waals surface area (Å²) in [6.07, 6.45) is 1.81. The van der Waals surface area contributed by atoms with Crippen molar-refractivity contribution in [3.8, 4) is 11.3 Å². The predicted octanol–water partition coefficient (Wildman–Crippen LogP) is 3.49. The summed E-state index contributed by atoms with van der Waals surface area (Å²) in [5.74, 6) is 0.711. The minimum Gasteiger partial charge on any atom is -0.383 e. The zero-order chi connectivity index (χ0) is 13.9. The van der Waals surface area contributed by atoms with Gasteiger partial charge in [0.25, 0.3) is 0 Å². The third kappa shape index (κ3) is 2.30. The largest absolute Gasteiger partial charge is 0.383 e. The average molecular weight is 263 g/mol. The highest BCUT2D eigenvalue weighted by molar-refractivity contribution is 5.73. The number of aromatic nitrogens is 2. The fourth-order valence-corrected chi connectivity index (χ4v) is 2.34. The van der Waals surface area contributed by atoms with Crippen LogP contribution >= 0.6 is 0 Å². The lowest BCUT2D eigenvalue weighted by molar-refractivity contribution is 0.808. The molecule has 100 valence electrons. The molecule has 0 aliphatic rings. The normalized spacial score (nSPS) is 10.7. The lowest BCUT2D eigenvalue weighted by Crippen LogP contribution is -2.03. The highest BCUT2D eigenvalue weighted by atomic mass is 15.1. The van der Waals surface area contributed by atoms with Gasteiger partial charge in [0, 0.05) is 5.56 Å². The van der Waals surface area contributed by atoms with Crippen molar-refractivity contribution in [1.29, 1.82) is 0 Å². The molecule has 0 atom stereocenters. The van der Waals surface area contributed by atoms with Crippen molar-refractivity contribution in [2.75, 3.05) is 5.73 Å². The molecule has 0 saturated heterocycles. The van der Waals surface area contributed by atoms with Crippen molar-refractivity contribution in [1.82, 2.24) is 9.55 Å². The second-order valence-corrected chi connectivity index (χ2v) is 4.91. The summed E-state index contributed by atoms with van der Waals surface area (Å²) in [6.45, 7) is 2.82. The Bertz CT molecular complexity index is 714. The molecule has 0 spiro atoms. The number of hydrogen-bond donors (Lipinski definition) is 1. The van der Waals surface area contributed by atoms with Crippen molar-refractivity contribution < 1.29 is 0 Å². The van der Waals surface area contributed by atoms with Crippen molar-refractivity contribution in [3.63, 3.8) is 0 Å². The van der Waals surface area contributed by atoms with Gasteiger partial charge < -0.3 is 10.3 Å². The van der Waals surface area contributed by atoms with Crippen LogP contribution < -0.4 is 5.73 Å². The Morgan fingerprint density at radius 1 is 1.00 bits per heavy atom. The Labute approximate surface area is 118 Å². The molecule has 3 rings (SSSR count). The van der Waals surface area contributed by atoms with Crippen molar-refractivity contribution in [2.24, 2.45) is 0 Å². The molecule has 0 aliphatic carbocycles. The first kappa shape index (κ1) is 12.5. The number of anilines is 1. The maximum Gasteiger partial charge on any atom is 0.131 e. The maximum absolute atomic E-state index is 6.25. The van der Waals surface area contributed by atoms with Gasteiger partial charge in [0.05, 0.1) is 12.9 Å². The number of nitrogen functional groups attached to an aromatic ring is 1. The lowest BCUT2D eigenvalue weighted by atomic mass is 10.1. The van der Waals surface area contributed by atoms with E-state index in [1.54, 1.807) is 0 Å². The molecule has 1 heterocycles. The van der Waals surface area contributed by atoms with Crippen LogP contribution in [0.2, 0.25) is 0 Å². The van der Waals surface area contributed by atoms with Crippen LogP contribution in [0.15, 0.2) is 60.9 Å². The summed E-state index contributed by atoms with van der Waals surface area (Å²) in [5, 5.41) is 0. The quantitative estimate of drug-likeness (QED) is 0.786. The number of aryl methyl sites for hydroxylation is 1.